The molecule has 25 heavy (non-hydrogen) atoms. The van der Waals surface area contributed by atoms with Gasteiger partial charge < -0.3 is 10.4 Å². The van der Waals surface area contributed by atoms with E-state index in [9.17, 15) is 9.59 Å². The molecule has 0 saturated carbocycles. The van der Waals surface area contributed by atoms with Gasteiger partial charge in [0.15, 0.2) is 5.78 Å². The normalized spacial score (nSPS) is 11.1. The summed E-state index contributed by atoms with van der Waals surface area (Å²) in [4.78, 5) is 28.1. The van der Waals surface area contributed by atoms with Gasteiger partial charge in [-0.2, -0.15) is 0 Å². The molecule has 0 aliphatic rings. The Bertz CT molecular complexity index is 1060. The Morgan fingerprint density at radius 1 is 1.08 bits per heavy atom. The lowest BCUT2D eigenvalue weighted by Gasteiger charge is -2.12. The van der Waals surface area contributed by atoms with Crippen molar-refractivity contribution in [1.29, 1.82) is 5.41 Å². The molecule has 0 unspecified atom stereocenters. The van der Waals surface area contributed by atoms with Crippen LogP contribution in [0.4, 0.5) is 0 Å². The minimum Gasteiger partial charge on any atom is -0.321 e. The van der Waals surface area contributed by atoms with Crippen LogP contribution in [0.15, 0.2) is 65.5 Å². The molecule has 0 saturated heterocycles. The molecule has 3 aromatic rings. The fourth-order valence-electron chi connectivity index (χ4n) is 2.83. The van der Waals surface area contributed by atoms with Gasteiger partial charge in [0, 0.05) is 22.2 Å². The minimum atomic E-state index is -0.424. The second-order valence-electron chi connectivity index (χ2n) is 6.00. The Morgan fingerprint density at radius 3 is 2.48 bits per heavy atom. The first-order valence-electron chi connectivity index (χ1n) is 7.97. The number of hydrogen-bond acceptors (Lipinski definition) is 3. The van der Waals surface area contributed by atoms with Crippen LogP contribution in [0.2, 0.25) is 0 Å². The number of nitrogens with one attached hydrogen (secondary N) is 2. The molecule has 0 atom stereocenters. The Balaban J connectivity index is 2.39. The SMILES string of the molecule is CC(=N)/C=C/C(=O)c1c(-c2ccccc2)c2cc(C)ccc2[nH]c1=O. The van der Waals surface area contributed by atoms with Gasteiger partial charge in [-0.05, 0) is 43.7 Å². The zero-order valence-corrected chi connectivity index (χ0v) is 14.1. The van der Waals surface area contributed by atoms with Gasteiger partial charge in [-0.25, -0.2) is 0 Å². The Kier molecular flexibility index (Phi) is 4.44. The third-order valence-electron chi connectivity index (χ3n) is 3.96. The molecule has 4 nitrogen and oxygen atoms in total. The fourth-order valence-corrected chi connectivity index (χ4v) is 2.83. The number of ketones is 1. The number of aromatic nitrogens is 1. The number of hydrogen-bond donors (Lipinski definition) is 2. The Morgan fingerprint density at radius 2 is 1.80 bits per heavy atom. The van der Waals surface area contributed by atoms with E-state index in [-0.39, 0.29) is 11.3 Å². The third-order valence-corrected chi connectivity index (χ3v) is 3.96. The zero-order valence-electron chi connectivity index (χ0n) is 14.1. The molecule has 0 fully saturated rings. The average molecular weight is 330 g/mol. The highest BCUT2D eigenvalue weighted by molar-refractivity contribution is 6.15. The van der Waals surface area contributed by atoms with Crippen molar-refractivity contribution in [2.45, 2.75) is 13.8 Å². The molecule has 2 N–H and O–H groups in total. The number of H-pyrrole nitrogens is 1. The van der Waals surface area contributed by atoms with E-state index in [0.717, 1.165) is 16.5 Å². The highest BCUT2D eigenvalue weighted by atomic mass is 16.1. The number of fused-ring (bicyclic) bond motifs is 1. The number of pyridine rings is 1. The van der Waals surface area contributed by atoms with Gasteiger partial charge in [0.05, 0.1) is 5.56 Å². The van der Waals surface area contributed by atoms with Crippen molar-refractivity contribution in [2.24, 2.45) is 0 Å². The first-order valence-corrected chi connectivity index (χ1v) is 7.97. The lowest BCUT2D eigenvalue weighted by atomic mass is 9.93. The van der Waals surface area contributed by atoms with Crippen molar-refractivity contribution in [1.82, 2.24) is 4.98 Å². The fraction of sp³-hybridized carbons (Fsp3) is 0.0952. The van der Waals surface area contributed by atoms with Crippen LogP contribution >= 0.6 is 0 Å². The van der Waals surface area contributed by atoms with Gasteiger partial charge in [-0.3, -0.25) is 9.59 Å². The number of carbonyl (C=O) groups is 1. The summed E-state index contributed by atoms with van der Waals surface area (Å²) in [5.74, 6) is -0.407. The molecule has 0 spiro atoms. The van der Waals surface area contributed by atoms with E-state index in [1.165, 1.54) is 12.2 Å². The van der Waals surface area contributed by atoms with Crippen LogP contribution in [0.5, 0.6) is 0 Å². The van der Waals surface area contributed by atoms with E-state index in [1.807, 2.05) is 55.5 Å². The maximum Gasteiger partial charge on any atom is 0.260 e. The van der Waals surface area contributed by atoms with Crippen molar-refractivity contribution in [3.05, 3.63) is 82.2 Å². The van der Waals surface area contributed by atoms with E-state index in [4.69, 9.17) is 5.41 Å². The summed E-state index contributed by atoms with van der Waals surface area (Å²) in [6.45, 7) is 3.55. The first-order chi connectivity index (χ1) is 12.0. The zero-order chi connectivity index (χ0) is 18.0. The molecule has 3 rings (SSSR count). The summed E-state index contributed by atoms with van der Waals surface area (Å²) in [5.41, 5.74) is 3.10. The number of benzene rings is 2. The van der Waals surface area contributed by atoms with Gasteiger partial charge >= 0.3 is 0 Å². The summed E-state index contributed by atoms with van der Waals surface area (Å²) < 4.78 is 0. The lowest BCUT2D eigenvalue weighted by molar-refractivity contribution is 0.104. The van der Waals surface area contributed by atoms with Crippen molar-refractivity contribution in [2.75, 3.05) is 0 Å². The van der Waals surface area contributed by atoms with Crippen LogP contribution in [0.1, 0.15) is 22.8 Å². The Hall–Kier alpha value is -3.27. The molecular formula is C21H18N2O2. The van der Waals surface area contributed by atoms with Gasteiger partial charge in [0.1, 0.15) is 0 Å². The highest BCUT2D eigenvalue weighted by Gasteiger charge is 2.19. The van der Waals surface area contributed by atoms with Crippen molar-refractivity contribution >= 4 is 22.4 Å². The smallest absolute Gasteiger partial charge is 0.260 e. The third kappa shape index (κ3) is 3.33. The summed E-state index contributed by atoms with van der Waals surface area (Å²) in [6, 6.07) is 15.2. The number of rotatable bonds is 4. The molecule has 1 aromatic heterocycles. The van der Waals surface area contributed by atoms with Crippen LogP contribution in [0.25, 0.3) is 22.0 Å². The van der Waals surface area contributed by atoms with Gasteiger partial charge in [0.25, 0.3) is 5.56 Å². The first kappa shape index (κ1) is 16.6. The molecule has 0 bridgehead atoms. The standard InChI is InChI=1S/C21H18N2O2/c1-13-8-10-17-16(12-13)19(15-6-4-3-5-7-15)20(21(25)23-17)18(24)11-9-14(2)22/h3-12,22H,1-2H3,(H,23,25)/b11-9+,22-14?. The van der Waals surface area contributed by atoms with E-state index in [2.05, 4.69) is 4.98 Å². The molecule has 4 heteroatoms. The van der Waals surface area contributed by atoms with Gasteiger partial charge in [-0.15, -0.1) is 0 Å². The van der Waals surface area contributed by atoms with E-state index >= 15 is 0 Å². The van der Waals surface area contributed by atoms with Crippen LogP contribution < -0.4 is 5.56 Å². The Labute approximate surface area is 145 Å². The molecular weight excluding hydrogens is 312 g/mol. The number of aryl methyl sites for hydroxylation is 1. The van der Waals surface area contributed by atoms with Gasteiger partial charge in [0.2, 0.25) is 0 Å². The number of carbonyl (C=O) groups excluding carboxylic acids is 1. The van der Waals surface area contributed by atoms with E-state index in [1.54, 1.807) is 6.92 Å². The summed E-state index contributed by atoms with van der Waals surface area (Å²) in [5, 5.41) is 8.28. The predicted molar refractivity (Wildman–Crippen MR) is 102 cm³/mol. The van der Waals surface area contributed by atoms with Crippen molar-refractivity contribution in [3.63, 3.8) is 0 Å². The summed E-state index contributed by atoms with van der Waals surface area (Å²) >= 11 is 0. The molecule has 0 aliphatic heterocycles. The molecule has 0 aliphatic carbocycles. The number of allylic oxidation sites excluding steroid dienone is 2. The average Bonchev–Trinajstić information content (AvgIpc) is 2.59. The maximum atomic E-state index is 12.7. The molecule has 1 heterocycles. The van der Waals surface area contributed by atoms with Crippen LogP contribution in [0.3, 0.4) is 0 Å². The highest BCUT2D eigenvalue weighted by Crippen LogP contribution is 2.30. The van der Waals surface area contributed by atoms with Crippen LogP contribution in [0, 0.1) is 12.3 Å². The molecule has 124 valence electrons. The molecule has 2 aromatic carbocycles. The summed E-state index contributed by atoms with van der Waals surface area (Å²) in [7, 11) is 0. The van der Waals surface area contributed by atoms with Gasteiger partial charge in [-0.1, -0.05) is 42.0 Å². The number of aromatic amines is 1. The quantitative estimate of drug-likeness (QED) is 0.425. The maximum absolute atomic E-state index is 12.7. The van der Waals surface area contributed by atoms with E-state index in [0.29, 0.717) is 11.1 Å². The largest absolute Gasteiger partial charge is 0.321 e. The van der Waals surface area contributed by atoms with Crippen LogP contribution in [-0.2, 0) is 0 Å². The minimum absolute atomic E-state index is 0.0989. The van der Waals surface area contributed by atoms with Crippen molar-refractivity contribution in [3.8, 4) is 11.1 Å². The lowest BCUT2D eigenvalue weighted by Crippen LogP contribution is -2.19. The van der Waals surface area contributed by atoms with Crippen molar-refractivity contribution < 1.29 is 4.79 Å². The molecule has 0 amide bonds. The monoisotopic (exact) mass is 330 g/mol. The second-order valence-corrected chi connectivity index (χ2v) is 6.00. The van der Waals surface area contributed by atoms with E-state index < -0.39 is 11.3 Å². The molecule has 0 radical (unpaired) electrons. The summed E-state index contributed by atoms with van der Waals surface area (Å²) in [6.07, 6.45) is 2.68. The predicted octanol–water partition coefficient (Wildman–Crippen LogP) is 4.28. The second kappa shape index (κ2) is 6.69. The van der Waals surface area contributed by atoms with Crippen LogP contribution in [-0.4, -0.2) is 16.5 Å². The topological polar surface area (TPSA) is 73.8 Å².